The minimum atomic E-state index is -0.373. The zero-order valence-electron chi connectivity index (χ0n) is 15.4. The van der Waals surface area contributed by atoms with E-state index in [4.69, 9.17) is 0 Å². The van der Waals surface area contributed by atoms with Gasteiger partial charge in [0.1, 0.15) is 0 Å². The van der Waals surface area contributed by atoms with Crippen molar-refractivity contribution < 1.29 is 14.3 Å². The Kier molecular flexibility index (Phi) is 5.71. The zero-order chi connectivity index (χ0) is 19.2. The highest BCUT2D eigenvalue weighted by Gasteiger charge is 2.09. The molecule has 0 atom stereocenters. The van der Waals surface area contributed by atoms with E-state index >= 15 is 0 Å². The number of esters is 1. The van der Waals surface area contributed by atoms with E-state index in [0.717, 1.165) is 16.6 Å². The molecule has 0 unspecified atom stereocenters. The average molecular weight is 362 g/mol. The van der Waals surface area contributed by atoms with Crippen LogP contribution in [-0.2, 0) is 16.1 Å². The Bertz CT molecular complexity index is 951. The molecule has 3 rings (SSSR count). The molecule has 0 saturated heterocycles. The van der Waals surface area contributed by atoms with E-state index in [-0.39, 0.29) is 18.4 Å². The van der Waals surface area contributed by atoms with Gasteiger partial charge in [-0.2, -0.15) is 0 Å². The first-order valence-electron chi connectivity index (χ1n) is 8.71. The fourth-order valence-electron chi connectivity index (χ4n) is 2.85. The van der Waals surface area contributed by atoms with Gasteiger partial charge in [0, 0.05) is 19.3 Å². The highest BCUT2D eigenvalue weighted by Crippen LogP contribution is 2.21. The van der Waals surface area contributed by atoms with E-state index in [1.54, 1.807) is 24.3 Å². The first-order chi connectivity index (χ1) is 13.1. The van der Waals surface area contributed by atoms with Crippen LogP contribution in [0.5, 0.6) is 0 Å². The summed E-state index contributed by atoms with van der Waals surface area (Å²) in [6.45, 7) is 0.671. The molecule has 3 aromatic carbocycles. The van der Waals surface area contributed by atoms with Crippen LogP contribution in [0.25, 0.3) is 10.8 Å². The second-order valence-corrected chi connectivity index (χ2v) is 6.35. The molecule has 5 heteroatoms. The number of anilines is 1. The molecule has 3 aromatic rings. The van der Waals surface area contributed by atoms with Gasteiger partial charge in [0.25, 0.3) is 0 Å². The van der Waals surface area contributed by atoms with Gasteiger partial charge < -0.3 is 15.0 Å². The number of nitrogens with one attached hydrogen (secondary N) is 1. The van der Waals surface area contributed by atoms with Gasteiger partial charge in [0.05, 0.1) is 19.2 Å². The van der Waals surface area contributed by atoms with Crippen molar-refractivity contribution in [2.45, 2.75) is 6.54 Å². The van der Waals surface area contributed by atoms with Gasteiger partial charge in [0.2, 0.25) is 5.91 Å². The number of likely N-dealkylation sites (N-methyl/N-ethyl adjacent to an activating group) is 1. The predicted molar refractivity (Wildman–Crippen MR) is 107 cm³/mol. The first-order valence-corrected chi connectivity index (χ1v) is 8.71. The van der Waals surface area contributed by atoms with Crippen molar-refractivity contribution in [2.75, 3.05) is 25.6 Å². The first kappa shape index (κ1) is 18.5. The van der Waals surface area contributed by atoms with Crippen LogP contribution in [-0.4, -0.2) is 32.6 Å². The molecule has 5 nitrogen and oxygen atoms in total. The number of carbonyl (C=O) groups is 2. The van der Waals surface area contributed by atoms with Gasteiger partial charge in [-0.3, -0.25) is 4.79 Å². The second-order valence-electron chi connectivity index (χ2n) is 6.35. The van der Waals surface area contributed by atoms with Crippen molar-refractivity contribution in [1.29, 1.82) is 0 Å². The van der Waals surface area contributed by atoms with Gasteiger partial charge >= 0.3 is 5.97 Å². The molecule has 0 spiro atoms. The normalized spacial score (nSPS) is 10.4. The fraction of sp³-hybridized carbons (Fsp3) is 0.182. The molecule has 0 radical (unpaired) electrons. The summed E-state index contributed by atoms with van der Waals surface area (Å²) in [7, 11) is 3.25. The summed E-state index contributed by atoms with van der Waals surface area (Å²) in [5.41, 5.74) is 2.40. The molecule has 0 aliphatic carbocycles. The standard InChI is InChI=1S/C22H22N2O3/c1-24(20-12-11-17-5-3-4-6-19(17)13-20)15-21(25)23-14-16-7-9-18(10-8-16)22(26)27-2/h3-13H,14-15H2,1-2H3,(H,23,25). The molecule has 27 heavy (non-hydrogen) atoms. The smallest absolute Gasteiger partial charge is 0.337 e. The van der Waals surface area contributed by atoms with Gasteiger partial charge in [0.15, 0.2) is 0 Å². The number of benzene rings is 3. The summed E-state index contributed by atoms with van der Waals surface area (Å²) in [5, 5.41) is 5.22. The summed E-state index contributed by atoms with van der Waals surface area (Å²) < 4.78 is 4.67. The number of amides is 1. The number of hydrogen-bond acceptors (Lipinski definition) is 4. The molecule has 0 aliphatic heterocycles. The maximum absolute atomic E-state index is 12.3. The summed E-state index contributed by atoms with van der Waals surface area (Å²) in [5.74, 6) is -0.440. The van der Waals surface area contributed by atoms with Gasteiger partial charge in [-0.25, -0.2) is 4.79 Å². The second kappa shape index (κ2) is 8.36. The Morgan fingerprint density at radius 3 is 2.37 bits per heavy atom. The molecule has 0 bridgehead atoms. The third kappa shape index (κ3) is 4.64. The number of carbonyl (C=O) groups excluding carboxylic acids is 2. The number of ether oxygens (including phenoxy) is 1. The number of methoxy groups -OCH3 is 1. The summed E-state index contributed by atoms with van der Waals surface area (Å²) in [6, 6.07) is 21.3. The van der Waals surface area contributed by atoms with Crippen LogP contribution in [0.1, 0.15) is 15.9 Å². The van der Waals surface area contributed by atoms with E-state index in [0.29, 0.717) is 12.1 Å². The Labute approximate surface area is 158 Å². The molecule has 138 valence electrons. The number of hydrogen-bond donors (Lipinski definition) is 1. The van der Waals surface area contributed by atoms with Crippen molar-refractivity contribution in [3.05, 3.63) is 77.9 Å². The quantitative estimate of drug-likeness (QED) is 0.683. The predicted octanol–water partition coefficient (Wildman–Crippen LogP) is 3.38. The topological polar surface area (TPSA) is 58.6 Å². The Balaban J connectivity index is 1.55. The molecule has 0 aliphatic rings. The van der Waals surface area contributed by atoms with Crippen molar-refractivity contribution >= 4 is 28.3 Å². The third-order valence-electron chi connectivity index (χ3n) is 4.42. The highest BCUT2D eigenvalue weighted by atomic mass is 16.5. The van der Waals surface area contributed by atoms with Crippen molar-refractivity contribution in [1.82, 2.24) is 5.32 Å². The summed E-state index contributed by atoms with van der Waals surface area (Å²) in [6.07, 6.45) is 0. The van der Waals surface area contributed by atoms with Gasteiger partial charge in [-0.15, -0.1) is 0 Å². The molecule has 0 heterocycles. The monoisotopic (exact) mass is 362 g/mol. The fourth-order valence-corrected chi connectivity index (χ4v) is 2.85. The number of fused-ring (bicyclic) bond motifs is 1. The molecule has 0 saturated carbocycles. The molecular weight excluding hydrogens is 340 g/mol. The van der Waals surface area contributed by atoms with Crippen LogP contribution in [0.3, 0.4) is 0 Å². The lowest BCUT2D eigenvalue weighted by molar-refractivity contribution is -0.119. The molecular formula is C22H22N2O3. The zero-order valence-corrected chi connectivity index (χ0v) is 15.4. The van der Waals surface area contributed by atoms with Crippen LogP contribution in [0, 0.1) is 0 Å². The van der Waals surface area contributed by atoms with Crippen molar-refractivity contribution in [2.24, 2.45) is 0 Å². The third-order valence-corrected chi connectivity index (χ3v) is 4.42. The van der Waals surface area contributed by atoms with Gasteiger partial charge in [-0.1, -0.05) is 42.5 Å². The van der Waals surface area contributed by atoms with E-state index in [2.05, 4.69) is 34.3 Å². The van der Waals surface area contributed by atoms with Crippen molar-refractivity contribution in [3.8, 4) is 0 Å². The lowest BCUT2D eigenvalue weighted by Gasteiger charge is -2.19. The number of rotatable bonds is 6. The molecule has 1 amide bonds. The summed E-state index contributed by atoms with van der Waals surface area (Å²) in [4.78, 5) is 25.6. The largest absolute Gasteiger partial charge is 0.465 e. The molecule has 1 N–H and O–H groups in total. The van der Waals surface area contributed by atoms with E-state index in [9.17, 15) is 9.59 Å². The van der Waals surface area contributed by atoms with Crippen LogP contribution >= 0.6 is 0 Å². The van der Waals surface area contributed by atoms with Gasteiger partial charge in [-0.05, 0) is 40.6 Å². The number of nitrogens with zero attached hydrogens (tertiary/aromatic N) is 1. The SMILES string of the molecule is COC(=O)c1ccc(CNC(=O)CN(C)c2ccc3ccccc3c2)cc1. The van der Waals surface area contributed by atoms with Crippen LogP contribution in [0.2, 0.25) is 0 Å². The minimum Gasteiger partial charge on any atom is -0.465 e. The lowest BCUT2D eigenvalue weighted by atomic mass is 10.1. The Hall–Kier alpha value is -3.34. The van der Waals surface area contributed by atoms with Crippen LogP contribution < -0.4 is 10.2 Å². The maximum atomic E-state index is 12.3. The van der Waals surface area contributed by atoms with Crippen molar-refractivity contribution in [3.63, 3.8) is 0 Å². The van der Waals surface area contributed by atoms with E-state index < -0.39 is 0 Å². The maximum Gasteiger partial charge on any atom is 0.337 e. The summed E-state index contributed by atoms with van der Waals surface area (Å²) >= 11 is 0. The average Bonchev–Trinajstić information content (AvgIpc) is 2.71. The minimum absolute atomic E-state index is 0.0669. The van der Waals surface area contributed by atoms with Crippen LogP contribution in [0.15, 0.2) is 66.7 Å². The Morgan fingerprint density at radius 1 is 0.963 bits per heavy atom. The Morgan fingerprint density at radius 2 is 1.67 bits per heavy atom. The van der Waals surface area contributed by atoms with E-state index in [1.807, 2.05) is 30.1 Å². The molecule has 0 fully saturated rings. The highest BCUT2D eigenvalue weighted by molar-refractivity contribution is 5.89. The van der Waals surface area contributed by atoms with E-state index in [1.165, 1.54) is 12.5 Å². The molecule has 0 aromatic heterocycles. The lowest BCUT2D eigenvalue weighted by Crippen LogP contribution is -2.34. The van der Waals surface area contributed by atoms with Crippen LogP contribution in [0.4, 0.5) is 5.69 Å².